The van der Waals surface area contributed by atoms with Gasteiger partial charge in [0.1, 0.15) is 0 Å². The Morgan fingerprint density at radius 3 is 2.48 bits per heavy atom. The molecule has 2 amide bonds. The third kappa shape index (κ3) is 6.03. The van der Waals surface area contributed by atoms with Gasteiger partial charge >= 0.3 is 5.97 Å². The summed E-state index contributed by atoms with van der Waals surface area (Å²) in [6, 6.07) is 8.50. The van der Waals surface area contributed by atoms with Gasteiger partial charge in [0.2, 0.25) is 11.8 Å². The maximum atomic E-state index is 12.7. The minimum atomic E-state index is -0.874. The van der Waals surface area contributed by atoms with E-state index >= 15 is 0 Å². The molecule has 29 heavy (non-hydrogen) atoms. The van der Waals surface area contributed by atoms with Crippen LogP contribution >= 0.6 is 0 Å². The molecule has 7 nitrogen and oxygen atoms in total. The van der Waals surface area contributed by atoms with Crippen LogP contribution in [0.5, 0.6) is 0 Å². The van der Waals surface area contributed by atoms with Crippen LogP contribution in [0.1, 0.15) is 49.7 Å². The second-order valence-corrected chi connectivity index (χ2v) is 8.37. The van der Waals surface area contributed by atoms with Gasteiger partial charge in [0.05, 0.1) is 0 Å². The average molecular weight is 402 g/mol. The van der Waals surface area contributed by atoms with E-state index < -0.39 is 11.5 Å². The van der Waals surface area contributed by atoms with Crippen molar-refractivity contribution in [3.8, 4) is 0 Å². The zero-order chi connectivity index (χ0) is 20.9. The number of amides is 2. The minimum Gasteiger partial charge on any atom is -0.481 e. The lowest BCUT2D eigenvalue weighted by atomic mass is 9.86. The van der Waals surface area contributed by atoms with Gasteiger partial charge in [0.15, 0.2) is 0 Å². The van der Waals surface area contributed by atoms with Gasteiger partial charge in [-0.15, -0.1) is 0 Å². The van der Waals surface area contributed by atoms with Gasteiger partial charge < -0.3 is 15.3 Å². The van der Waals surface area contributed by atoms with Crippen LogP contribution in [0.25, 0.3) is 0 Å². The number of carboxylic acids is 1. The molecule has 0 saturated carbocycles. The Hall–Kier alpha value is -2.41. The first kappa shape index (κ1) is 21.3. The van der Waals surface area contributed by atoms with Gasteiger partial charge in [-0.3, -0.25) is 19.3 Å². The highest BCUT2D eigenvalue weighted by Gasteiger charge is 2.38. The van der Waals surface area contributed by atoms with Crippen LogP contribution in [0.3, 0.4) is 0 Å². The number of nitrogens with one attached hydrogen (secondary N) is 1. The van der Waals surface area contributed by atoms with Crippen molar-refractivity contribution in [3.63, 3.8) is 0 Å². The van der Waals surface area contributed by atoms with E-state index in [1.54, 1.807) is 0 Å². The molecule has 2 saturated heterocycles. The lowest BCUT2D eigenvalue weighted by molar-refractivity contribution is -0.137. The lowest BCUT2D eigenvalue weighted by Gasteiger charge is -2.36. The van der Waals surface area contributed by atoms with E-state index in [4.69, 9.17) is 5.11 Å². The van der Waals surface area contributed by atoms with Gasteiger partial charge in [-0.2, -0.15) is 0 Å². The molecular weight excluding hydrogens is 370 g/mol. The maximum Gasteiger partial charge on any atom is 0.303 e. The number of aryl methyl sites for hydroxylation is 1. The number of benzene rings is 1. The number of piperazine rings is 1. The molecule has 2 N–H and O–H groups in total. The van der Waals surface area contributed by atoms with Gasteiger partial charge in [-0.05, 0) is 31.7 Å². The van der Waals surface area contributed by atoms with E-state index in [2.05, 4.69) is 41.4 Å². The summed E-state index contributed by atoms with van der Waals surface area (Å²) in [5.74, 6) is -0.828. The first-order valence-corrected chi connectivity index (χ1v) is 10.4. The summed E-state index contributed by atoms with van der Waals surface area (Å²) < 4.78 is 0. The number of nitrogens with zero attached hydrogens (tertiary/aromatic N) is 2. The summed E-state index contributed by atoms with van der Waals surface area (Å²) >= 11 is 0. The molecule has 2 heterocycles. The highest BCUT2D eigenvalue weighted by Crippen LogP contribution is 2.30. The van der Waals surface area contributed by atoms with Crippen molar-refractivity contribution in [2.45, 2.75) is 57.5 Å². The topological polar surface area (TPSA) is 90.0 Å². The molecule has 2 aliphatic rings. The first-order chi connectivity index (χ1) is 13.8. The predicted molar refractivity (Wildman–Crippen MR) is 109 cm³/mol. The molecule has 0 aromatic heterocycles. The third-order valence-corrected chi connectivity index (χ3v) is 6.08. The second-order valence-electron chi connectivity index (χ2n) is 8.37. The minimum absolute atomic E-state index is 0.00606. The molecule has 158 valence electrons. The quantitative estimate of drug-likeness (QED) is 0.695. The smallest absolute Gasteiger partial charge is 0.303 e. The van der Waals surface area contributed by atoms with Crippen LogP contribution in [0.4, 0.5) is 0 Å². The molecule has 0 aliphatic carbocycles. The fraction of sp³-hybridized carbons (Fsp3) is 0.591. The zero-order valence-electron chi connectivity index (χ0n) is 17.2. The summed E-state index contributed by atoms with van der Waals surface area (Å²) in [7, 11) is 0. The van der Waals surface area contributed by atoms with Crippen LogP contribution in [0.2, 0.25) is 0 Å². The Labute approximate surface area is 172 Å². The SMILES string of the molecule is Cc1cccc(CN2CCN(C(=O)CCC3(CCC(=O)O)CCC(=O)N3)CC2)c1. The van der Waals surface area contributed by atoms with Crippen molar-refractivity contribution in [1.82, 2.24) is 15.1 Å². The molecule has 0 radical (unpaired) electrons. The number of aliphatic carboxylic acids is 1. The highest BCUT2D eigenvalue weighted by molar-refractivity contribution is 5.80. The normalized spacial score (nSPS) is 22.5. The number of hydrogen-bond donors (Lipinski definition) is 2. The summed E-state index contributed by atoms with van der Waals surface area (Å²) in [5, 5.41) is 11.9. The summed E-state index contributed by atoms with van der Waals surface area (Å²) in [4.78, 5) is 39.6. The maximum absolute atomic E-state index is 12.7. The van der Waals surface area contributed by atoms with Crippen molar-refractivity contribution in [1.29, 1.82) is 0 Å². The Morgan fingerprint density at radius 1 is 1.14 bits per heavy atom. The van der Waals surface area contributed by atoms with Crippen LogP contribution in [0, 0.1) is 6.92 Å². The molecule has 7 heteroatoms. The monoisotopic (exact) mass is 401 g/mol. The van der Waals surface area contributed by atoms with E-state index in [0.717, 1.165) is 19.6 Å². The van der Waals surface area contributed by atoms with Crippen LogP contribution < -0.4 is 5.32 Å². The van der Waals surface area contributed by atoms with E-state index in [1.807, 2.05) is 4.90 Å². The predicted octanol–water partition coefficient (Wildman–Crippen LogP) is 1.93. The number of carbonyl (C=O) groups is 3. The summed E-state index contributed by atoms with van der Waals surface area (Å²) in [6.45, 7) is 6.10. The number of hydrogen-bond acceptors (Lipinski definition) is 4. The standard InChI is InChI=1S/C22H31N3O4/c1-17-3-2-4-18(15-17)16-24-11-13-25(14-12-24)20(27)6-9-22(10-7-21(28)29)8-5-19(26)23-22/h2-4,15H,5-14,16H2,1H3,(H,23,26)(H,28,29). The molecule has 2 aliphatic heterocycles. The molecule has 0 bridgehead atoms. The van der Waals surface area contributed by atoms with E-state index in [0.29, 0.717) is 45.2 Å². The van der Waals surface area contributed by atoms with Crippen molar-refractivity contribution in [3.05, 3.63) is 35.4 Å². The van der Waals surface area contributed by atoms with Crippen molar-refractivity contribution >= 4 is 17.8 Å². The van der Waals surface area contributed by atoms with Crippen LogP contribution in [-0.2, 0) is 20.9 Å². The van der Waals surface area contributed by atoms with Crippen LogP contribution in [0.15, 0.2) is 24.3 Å². The molecule has 0 spiro atoms. The Balaban J connectivity index is 1.46. The van der Waals surface area contributed by atoms with Gasteiger partial charge in [0.25, 0.3) is 0 Å². The van der Waals surface area contributed by atoms with Gasteiger partial charge in [-0.1, -0.05) is 29.8 Å². The van der Waals surface area contributed by atoms with Crippen molar-refractivity contribution in [2.75, 3.05) is 26.2 Å². The average Bonchev–Trinajstić information content (AvgIpc) is 3.06. The summed E-state index contributed by atoms with van der Waals surface area (Å²) in [6.07, 6.45) is 2.26. The highest BCUT2D eigenvalue weighted by atomic mass is 16.4. The zero-order valence-corrected chi connectivity index (χ0v) is 17.2. The Morgan fingerprint density at radius 2 is 1.86 bits per heavy atom. The summed E-state index contributed by atoms with van der Waals surface area (Å²) in [5.41, 5.74) is 2.01. The van der Waals surface area contributed by atoms with E-state index in [1.165, 1.54) is 11.1 Å². The number of carbonyl (C=O) groups excluding carboxylic acids is 2. The molecule has 3 rings (SSSR count). The van der Waals surface area contributed by atoms with Crippen LogP contribution in [-0.4, -0.2) is 64.4 Å². The van der Waals surface area contributed by atoms with Crippen molar-refractivity contribution in [2.24, 2.45) is 0 Å². The molecular formula is C22H31N3O4. The van der Waals surface area contributed by atoms with Crippen molar-refractivity contribution < 1.29 is 19.5 Å². The second kappa shape index (κ2) is 9.39. The lowest BCUT2D eigenvalue weighted by Crippen LogP contribution is -2.49. The third-order valence-electron chi connectivity index (χ3n) is 6.08. The largest absolute Gasteiger partial charge is 0.481 e. The molecule has 1 aromatic carbocycles. The Kier molecular flexibility index (Phi) is 6.90. The first-order valence-electron chi connectivity index (χ1n) is 10.4. The van der Waals surface area contributed by atoms with Gasteiger partial charge in [0, 0.05) is 57.5 Å². The fourth-order valence-electron chi connectivity index (χ4n) is 4.35. The van der Waals surface area contributed by atoms with Gasteiger partial charge in [-0.25, -0.2) is 0 Å². The Bertz CT molecular complexity index is 758. The molecule has 1 aromatic rings. The van der Waals surface area contributed by atoms with E-state index in [-0.39, 0.29) is 18.2 Å². The number of carboxylic acid groups (broad SMARTS) is 1. The molecule has 1 atom stereocenters. The fourth-order valence-corrected chi connectivity index (χ4v) is 4.35. The molecule has 2 fully saturated rings. The van der Waals surface area contributed by atoms with E-state index in [9.17, 15) is 14.4 Å². The molecule has 1 unspecified atom stereocenters. The number of rotatable bonds is 8.